The first-order chi connectivity index (χ1) is 8.68. The van der Waals surface area contributed by atoms with Gasteiger partial charge >= 0.3 is 6.55 Å². The molecule has 3 nitrogen and oxygen atoms in total. The number of nitrogens with one attached hydrogen (secondary N) is 1. The minimum absolute atomic E-state index is 0.0917. The van der Waals surface area contributed by atoms with Gasteiger partial charge in [-0.1, -0.05) is 30.3 Å². The Labute approximate surface area is 104 Å². The number of hydrogen-bond acceptors (Lipinski definition) is 2. The number of halogens is 2. The number of rotatable bonds is 5. The highest BCUT2D eigenvalue weighted by atomic mass is 19.3. The van der Waals surface area contributed by atoms with Crippen LogP contribution in [0.2, 0.25) is 0 Å². The summed E-state index contributed by atoms with van der Waals surface area (Å²) in [7, 11) is 0. The smallest absolute Gasteiger partial charge is 0.303 e. The Balaban J connectivity index is 1.97. The molecule has 1 N–H and O–H groups in total. The van der Waals surface area contributed by atoms with E-state index in [2.05, 4.69) is 10.3 Å². The molecule has 0 spiro atoms. The van der Waals surface area contributed by atoms with Gasteiger partial charge in [0.1, 0.15) is 5.82 Å². The first kappa shape index (κ1) is 12.7. The molecule has 1 aromatic heterocycles. The van der Waals surface area contributed by atoms with Crippen molar-refractivity contribution >= 4 is 0 Å². The van der Waals surface area contributed by atoms with Gasteiger partial charge in [-0.25, -0.2) is 4.98 Å². The van der Waals surface area contributed by atoms with Crippen molar-refractivity contribution in [2.45, 2.75) is 26.1 Å². The van der Waals surface area contributed by atoms with Gasteiger partial charge in [0.2, 0.25) is 0 Å². The zero-order chi connectivity index (χ0) is 13.0. The lowest BCUT2D eigenvalue weighted by Gasteiger charge is -2.14. The van der Waals surface area contributed by atoms with E-state index in [4.69, 9.17) is 0 Å². The van der Waals surface area contributed by atoms with Crippen LogP contribution >= 0.6 is 0 Å². The highest BCUT2D eigenvalue weighted by molar-refractivity contribution is 5.18. The van der Waals surface area contributed by atoms with E-state index in [1.165, 1.54) is 12.4 Å². The van der Waals surface area contributed by atoms with E-state index in [0.29, 0.717) is 12.4 Å². The molecule has 0 amide bonds. The molecule has 0 aliphatic carbocycles. The van der Waals surface area contributed by atoms with Crippen LogP contribution in [0, 0.1) is 0 Å². The van der Waals surface area contributed by atoms with Gasteiger partial charge in [-0.2, -0.15) is 8.78 Å². The summed E-state index contributed by atoms with van der Waals surface area (Å²) in [6.45, 7) is -0.241. The predicted molar refractivity (Wildman–Crippen MR) is 65.2 cm³/mol. The summed E-state index contributed by atoms with van der Waals surface area (Å²) in [5, 5.41) is 3.18. The lowest BCUT2D eigenvalue weighted by Crippen LogP contribution is -2.20. The molecule has 0 saturated heterocycles. The van der Waals surface area contributed by atoms with Gasteiger partial charge in [0.25, 0.3) is 0 Å². The molecule has 18 heavy (non-hydrogen) atoms. The fourth-order valence-corrected chi connectivity index (χ4v) is 1.76. The number of alkyl halides is 2. The second kappa shape index (κ2) is 5.73. The molecule has 0 bridgehead atoms. The highest BCUT2D eigenvalue weighted by Gasteiger charge is 2.12. The molecule has 96 valence electrons. The van der Waals surface area contributed by atoms with Gasteiger partial charge in [-0.3, -0.25) is 4.57 Å². The fourth-order valence-electron chi connectivity index (χ4n) is 1.76. The zero-order valence-corrected chi connectivity index (χ0v) is 10.1. The lowest BCUT2D eigenvalue weighted by molar-refractivity contribution is 0.0665. The van der Waals surface area contributed by atoms with E-state index in [0.717, 1.165) is 10.1 Å². The van der Waals surface area contributed by atoms with Crippen LogP contribution < -0.4 is 5.32 Å². The summed E-state index contributed by atoms with van der Waals surface area (Å²) in [6.07, 6.45) is 2.67. The van der Waals surface area contributed by atoms with Crippen LogP contribution in [-0.4, -0.2) is 9.55 Å². The maximum atomic E-state index is 12.6. The van der Waals surface area contributed by atoms with Gasteiger partial charge in [0.05, 0.1) is 6.54 Å². The minimum atomic E-state index is -2.55. The number of hydrogen-bond donors (Lipinski definition) is 1. The SMILES string of the molecule is C[C@@H](NCc1nccn1C(F)F)c1ccccc1. The first-order valence-electron chi connectivity index (χ1n) is 5.76. The van der Waals surface area contributed by atoms with E-state index in [-0.39, 0.29) is 6.04 Å². The fraction of sp³-hybridized carbons (Fsp3) is 0.308. The van der Waals surface area contributed by atoms with Crippen LogP contribution in [0.4, 0.5) is 8.78 Å². The summed E-state index contributed by atoms with van der Waals surface area (Å²) in [5.41, 5.74) is 1.12. The van der Waals surface area contributed by atoms with Crippen molar-refractivity contribution in [2.75, 3.05) is 0 Å². The molecular weight excluding hydrogens is 236 g/mol. The molecule has 0 fully saturated rings. The van der Waals surface area contributed by atoms with E-state index in [1.54, 1.807) is 0 Å². The average molecular weight is 251 g/mol. The topological polar surface area (TPSA) is 29.9 Å². The van der Waals surface area contributed by atoms with Gasteiger partial charge < -0.3 is 5.32 Å². The summed E-state index contributed by atoms with van der Waals surface area (Å²) >= 11 is 0. The zero-order valence-electron chi connectivity index (χ0n) is 10.1. The number of benzene rings is 1. The van der Waals surface area contributed by atoms with Crippen molar-refractivity contribution in [3.63, 3.8) is 0 Å². The molecule has 0 saturated carbocycles. The molecule has 2 rings (SSSR count). The molecule has 0 aliphatic heterocycles. The largest absolute Gasteiger partial charge is 0.319 e. The monoisotopic (exact) mass is 251 g/mol. The van der Waals surface area contributed by atoms with Crippen molar-refractivity contribution in [2.24, 2.45) is 0 Å². The first-order valence-corrected chi connectivity index (χ1v) is 5.76. The third kappa shape index (κ3) is 2.92. The number of imidazole rings is 1. The van der Waals surface area contributed by atoms with Crippen LogP contribution in [0.5, 0.6) is 0 Å². The van der Waals surface area contributed by atoms with Crippen molar-refractivity contribution < 1.29 is 8.78 Å². The molecule has 0 radical (unpaired) electrons. The molecule has 0 unspecified atom stereocenters. The van der Waals surface area contributed by atoms with Crippen molar-refractivity contribution in [3.05, 3.63) is 54.1 Å². The predicted octanol–water partition coefficient (Wildman–Crippen LogP) is 3.13. The van der Waals surface area contributed by atoms with E-state index in [9.17, 15) is 8.78 Å². The molecular formula is C13H15F2N3. The maximum absolute atomic E-state index is 12.6. The summed E-state index contributed by atoms with van der Waals surface area (Å²) in [6, 6.07) is 9.93. The summed E-state index contributed by atoms with van der Waals surface area (Å²) in [4.78, 5) is 3.92. The van der Waals surface area contributed by atoms with E-state index < -0.39 is 6.55 Å². The third-order valence-corrected chi connectivity index (χ3v) is 2.83. The number of nitrogens with zero attached hydrogens (tertiary/aromatic N) is 2. The van der Waals surface area contributed by atoms with Crippen molar-refractivity contribution in [1.29, 1.82) is 0 Å². The van der Waals surface area contributed by atoms with Crippen LogP contribution in [-0.2, 0) is 6.54 Å². The highest BCUT2D eigenvalue weighted by Crippen LogP contribution is 2.15. The quantitative estimate of drug-likeness (QED) is 0.884. The molecule has 1 heterocycles. The van der Waals surface area contributed by atoms with Crippen LogP contribution in [0.15, 0.2) is 42.7 Å². The van der Waals surface area contributed by atoms with Gasteiger partial charge in [0.15, 0.2) is 0 Å². The Morgan fingerprint density at radius 2 is 2.00 bits per heavy atom. The number of aromatic nitrogens is 2. The molecule has 1 atom stereocenters. The maximum Gasteiger partial charge on any atom is 0.319 e. The molecule has 2 aromatic rings. The van der Waals surface area contributed by atoms with E-state index in [1.807, 2.05) is 37.3 Å². The second-order valence-electron chi connectivity index (χ2n) is 4.04. The Morgan fingerprint density at radius 1 is 1.28 bits per heavy atom. The molecule has 0 aliphatic rings. The van der Waals surface area contributed by atoms with E-state index >= 15 is 0 Å². The Bertz CT molecular complexity index is 482. The van der Waals surface area contributed by atoms with Crippen LogP contribution in [0.25, 0.3) is 0 Å². The molecule has 1 aromatic carbocycles. The minimum Gasteiger partial charge on any atom is -0.303 e. The van der Waals surface area contributed by atoms with Gasteiger partial charge in [-0.15, -0.1) is 0 Å². The van der Waals surface area contributed by atoms with Crippen molar-refractivity contribution in [1.82, 2.24) is 14.9 Å². The Morgan fingerprint density at radius 3 is 2.67 bits per heavy atom. The summed E-state index contributed by atoms with van der Waals surface area (Å²) < 4.78 is 26.1. The Kier molecular flexibility index (Phi) is 4.04. The molecule has 5 heteroatoms. The van der Waals surface area contributed by atoms with Crippen LogP contribution in [0.1, 0.15) is 30.9 Å². The van der Waals surface area contributed by atoms with Gasteiger partial charge in [0, 0.05) is 18.4 Å². The second-order valence-corrected chi connectivity index (χ2v) is 4.04. The Hall–Kier alpha value is -1.75. The average Bonchev–Trinajstić information content (AvgIpc) is 2.85. The summed E-state index contributed by atoms with van der Waals surface area (Å²) in [5.74, 6) is 0.341. The van der Waals surface area contributed by atoms with Crippen molar-refractivity contribution in [3.8, 4) is 0 Å². The third-order valence-electron chi connectivity index (χ3n) is 2.83. The standard InChI is InChI=1S/C13H15F2N3/c1-10(11-5-3-2-4-6-11)17-9-12-16-7-8-18(12)13(14)15/h2-8,10,13,17H,9H2,1H3/t10-/m1/s1. The van der Waals surface area contributed by atoms with Gasteiger partial charge in [-0.05, 0) is 12.5 Å². The van der Waals surface area contributed by atoms with Crippen LogP contribution in [0.3, 0.4) is 0 Å². The lowest BCUT2D eigenvalue weighted by atomic mass is 10.1. The normalized spacial score (nSPS) is 12.9.